The number of rotatable bonds is 3. The van der Waals surface area contributed by atoms with Crippen LogP contribution in [0.15, 0.2) is 0 Å². The minimum atomic E-state index is -0.0507. The van der Waals surface area contributed by atoms with Crippen LogP contribution in [0.3, 0.4) is 0 Å². The SMILES string of the molecule is O=C(NC1(CCl)CCC1)C1CCCCCC1. The van der Waals surface area contributed by atoms with Gasteiger partial charge in [-0.1, -0.05) is 25.7 Å². The summed E-state index contributed by atoms with van der Waals surface area (Å²) < 4.78 is 0. The molecule has 0 aromatic rings. The van der Waals surface area contributed by atoms with Gasteiger partial charge in [-0.15, -0.1) is 11.6 Å². The molecule has 0 aliphatic heterocycles. The molecule has 2 nitrogen and oxygen atoms in total. The Morgan fingerprint density at radius 2 is 1.75 bits per heavy atom. The smallest absolute Gasteiger partial charge is 0.223 e. The highest BCUT2D eigenvalue weighted by atomic mass is 35.5. The van der Waals surface area contributed by atoms with E-state index in [0.29, 0.717) is 5.88 Å². The van der Waals surface area contributed by atoms with Crippen molar-refractivity contribution in [2.75, 3.05) is 5.88 Å². The summed E-state index contributed by atoms with van der Waals surface area (Å²) in [6, 6.07) is 0. The molecule has 2 aliphatic rings. The second kappa shape index (κ2) is 5.39. The molecule has 0 saturated heterocycles. The highest BCUT2D eigenvalue weighted by Gasteiger charge is 2.38. The lowest BCUT2D eigenvalue weighted by molar-refractivity contribution is -0.128. The third kappa shape index (κ3) is 2.71. The fraction of sp³-hybridized carbons (Fsp3) is 0.923. The Morgan fingerprint density at radius 3 is 2.19 bits per heavy atom. The summed E-state index contributed by atoms with van der Waals surface area (Å²) >= 11 is 5.96. The van der Waals surface area contributed by atoms with E-state index in [2.05, 4.69) is 5.32 Å². The van der Waals surface area contributed by atoms with Crippen molar-refractivity contribution >= 4 is 17.5 Å². The molecule has 0 unspecified atom stereocenters. The van der Waals surface area contributed by atoms with Crippen LogP contribution in [0, 0.1) is 5.92 Å². The molecule has 0 radical (unpaired) electrons. The Bertz CT molecular complexity index is 237. The van der Waals surface area contributed by atoms with Gasteiger partial charge in [0.05, 0.1) is 5.54 Å². The molecule has 16 heavy (non-hydrogen) atoms. The zero-order chi connectivity index (χ0) is 11.4. The third-order valence-corrected chi connectivity index (χ3v) is 4.69. The minimum Gasteiger partial charge on any atom is -0.349 e. The first kappa shape index (κ1) is 12.2. The van der Waals surface area contributed by atoms with Crippen molar-refractivity contribution in [3.63, 3.8) is 0 Å². The molecule has 3 heteroatoms. The molecule has 0 bridgehead atoms. The Hall–Kier alpha value is -0.240. The van der Waals surface area contributed by atoms with E-state index in [1.165, 1.54) is 32.1 Å². The molecule has 2 aliphatic carbocycles. The first-order valence-corrected chi connectivity index (χ1v) is 7.17. The van der Waals surface area contributed by atoms with Crippen LogP contribution < -0.4 is 5.32 Å². The maximum Gasteiger partial charge on any atom is 0.223 e. The van der Waals surface area contributed by atoms with Gasteiger partial charge in [0.1, 0.15) is 0 Å². The van der Waals surface area contributed by atoms with Gasteiger partial charge in [0, 0.05) is 11.8 Å². The maximum atomic E-state index is 12.1. The van der Waals surface area contributed by atoms with Crippen molar-refractivity contribution < 1.29 is 4.79 Å². The van der Waals surface area contributed by atoms with E-state index in [9.17, 15) is 4.79 Å². The highest BCUT2D eigenvalue weighted by molar-refractivity contribution is 6.18. The summed E-state index contributed by atoms with van der Waals surface area (Å²) in [6.45, 7) is 0. The van der Waals surface area contributed by atoms with Crippen LogP contribution in [0.1, 0.15) is 57.8 Å². The molecule has 0 spiro atoms. The van der Waals surface area contributed by atoms with Crippen molar-refractivity contribution in [3.8, 4) is 0 Å². The number of halogens is 1. The van der Waals surface area contributed by atoms with Crippen LogP contribution in [-0.4, -0.2) is 17.3 Å². The van der Waals surface area contributed by atoms with Crippen molar-refractivity contribution in [3.05, 3.63) is 0 Å². The van der Waals surface area contributed by atoms with E-state index >= 15 is 0 Å². The molecular formula is C13H22ClNO. The monoisotopic (exact) mass is 243 g/mol. The molecule has 2 fully saturated rings. The largest absolute Gasteiger partial charge is 0.349 e. The first-order valence-electron chi connectivity index (χ1n) is 6.64. The van der Waals surface area contributed by atoms with Crippen LogP contribution in [0.25, 0.3) is 0 Å². The number of carbonyl (C=O) groups is 1. The molecule has 0 aromatic heterocycles. The second-order valence-electron chi connectivity index (χ2n) is 5.45. The van der Waals surface area contributed by atoms with Crippen molar-refractivity contribution in [2.24, 2.45) is 5.92 Å². The Labute approximate surface area is 103 Å². The summed E-state index contributed by atoms with van der Waals surface area (Å²) in [6.07, 6.45) is 10.5. The highest BCUT2D eigenvalue weighted by Crippen LogP contribution is 2.34. The van der Waals surface area contributed by atoms with Gasteiger partial charge in [0.15, 0.2) is 0 Å². The molecule has 92 valence electrons. The van der Waals surface area contributed by atoms with Crippen molar-refractivity contribution in [1.29, 1.82) is 0 Å². The molecule has 0 atom stereocenters. The van der Waals surface area contributed by atoms with Crippen LogP contribution in [-0.2, 0) is 4.79 Å². The Kier molecular flexibility index (Phi) is 4.12. The van der Waals surface area contributed by atoms with Crippen LogP contribution in [0.5, 0.6) is 0 Å². The lowest BCUT2D eigenvalue weighted by Crippen LogP contribution is -2.56. The average molecular weight is 244 g/mol. The maximum absolute atomic E-state index is 12.1. The van der Waals surface area contributed by atoms with Gasteiger partial charge < -0.3 is 5.32 Å². The number of nitrogens with one attached hydrogen (secondary N) is 1. The molecule has 2 rings (SSSR count). The van der Waals surface area contributed by atoms with Gasteiger partial charge in [0.2, 0.25) is 5.91 Å². The lowest BCUT2D eigenvalue weighted by atomic mass is 9.78. The Morgan fingerprint density at radius 1 is 1.12 bits per heavy atom. The Balaban J connectivity index is 1.86. The number of carbonyl (C=O) groups excluding carboxylic acids is 1. The molecule has 0 aromatic carbocycles. The average Bonchev–Trinajstić information content (AvgIpc) is 2.51. The van der Waals surface area contributed by atoms with E-state index in [4.69, 9.17) is 11.6 Å². The van der Waals surface area contributed by atoms with Crippen molar-refractivity contribution in [2.45, 2.75) is 63.3 Å². The topological polar surface area (TPSA) is 29.1 Å². The fourth-order valence-corrected chi connectivity index (χ4v) is 3.13. The van der Waals surface area contributed by atoms with E-state index < -0.39 is 0 Å². The quantitative estimate of drug-likeness (QED) is 0.599. The zero-order valence-electron chi connectivity index (χ0n) is 9.93. The van der Waals surface area contributed by atoms with E-state index in [1.54, 1.807) is 0 Å². The number of amides is 1. The fourth-order valence-electron chi connectivity index (χ4n) is 2.80. The molecule has 1 amide bonds. The predicted octanol–water partition coefficient (Wildman–Crippen LogP) is 3.23. The summed E-state index contributed by atoms with van der Waals surface area (Å²) in [5.74, 6) is 1.09. The summed E-state index contributed by atoms with van der Waals surface area (Å²) in [5.41, 5.74) is -0.0507. The van der Waals surface area contributed by atoms with E-state index in [1.807, 2.05) is 0 Å². The summed E-state index contributed by atoms with van der Waals surface area (Å²) in [7, 11) is 0. The van der Waals surface area contributed by atoms with Gasteiger partial charge in [-0.3, -0.25) is 4.79 Å². The van der Waals surface area contributed by atoms with Crippen LogP contribution >= 0.6 is 11.6 Å². The zero-order valence-corrected chi connectivity index (χ0v) is 10.7. The van der Waals surface area contributed by atoms with E-state index in [0.717, 1.165) is 25.7 Å². The summed E-state index contributed by atoms with van der Waals surface area (Å²) in [4.78, 5) is 12.1. The minimum absolute atomic E-state index is 0.0507. The van der Waals surface area contributed by atoms with Gasteiger partial charge in [0.25, 0.3) is 0 Å². The van der Waals surface area contributed by atoms with E-state index in [-0.39, 0.29) is 17.4 Å². The van der Waals surface area contributed by atoms with Gasteiger partial charge in [-0.25, -0.2) is 0 Å². The number of hydrogen-bond donors (Lipinski definition) is 1. The summed E-state index contributed by atoms with van der Waals surface area (Å²) in [5, 5.41) is 3.21. The van der Waals surface area contributed by atoms with Crippen molar-refractivity contribution in [1.82, 2.24) is 5.32 Å². The third-order valence-electron chi connectivity index (χ3n) is 4.18. The van der Waals surface area contributed by atoms with Gasteiger partial charge >= 0.3 is 0 Å². The molecular weight excluding hydrogens is 222 g/mol. The van der Waals surface area contributed by atoms with Gasteiger partial charge in [-0.2, -0.15) is 0 Å². The number of hydrogen-bond acceptors (Lipinski definition) is 1. The lowest BCUT2D eigenvalue weighted by Gasteiger charge is -2.41. The standard InChI is InChI=1S/C13H22ClNO/c14-10-13(8-5-9-13)15-12(16)11-6-3-1-2-4-7-11/h11H,1-10H2,(H,15,16). The van der Waals surface area contributed by atoms with Gasteiger partial charge in [-0.05, 0) is 32.1 Å². The number of alkyl halides is 1. The molecule has 1 N–H and O–H groups in total. The molecule has 0 heterocycles. The van der Waals surface area contributed by atoms with Crippen LogP contribution in [0.2, 0.25) is 0 Å². The second-order valence-corrected chi connectivity index (χ2v) is 5.71. The normalized spacial score (nSPS) is 25.6. The predicted molar refractivity (Wildman–Crippen MR) is 66.6 cm³/mol. The first-order chi connectivity index (χ1) is 7.76. The molecule has 2 saturated carbocycles. The van der Waals surface area contributed by atoms with Crippen LogP contribution in [0.4, 0.5) is 0 Å².